The summed E-state index contributed by atoms with van der Waals surface area (Å²) in [6, 6.07) is 0.541. The van der Waals surface area contributed by atoms with Gasteiger partial charge in [0.15, 0.2) is 0 Å². The van der Waals surface area contributed by atoms with E-state index >= 15 is 0 Å². The molecular weight excluding hydrogens is 166 g/mol. The van der Waals surface area contributed by atoms with Crippen LogP contribution in [-0.4, -0.2) is 27.8 Å². The zero-order valence-corrected chi connectivity index (χ0v) is 8.17. The number of aryl methyl sites for hydroxylation is 1. The van der Waals surface area contributed by atoms with Crippen molar-refractivity contribution < 1.29 is 0 Å². The van der Waals surface area contributed by atoms with E-state index in [1.165, 1.54) is 0 Å². The minimum atomic E-state index is 0.326. The lowest BCUT2D eigenvalue weighted by atomic mass is 10.3. The summed E-state index contributed by atoms with van der Waals surface area (Å²) in [5.41, 5.74) is 5.36. The molecule has 13 heavy (non-hydrogen) atoms. The maximum atomic E-state index is 5.36. The molecule has 0 unspecified atom stereocenters. The molecule has 0 radical (unpaired) electrons. The topological polar surface area (TPSA) is 79.6 Å². The molecule has 0 aliphatic heterocycles. The first-order chi connectivity index (χ1) is 6.18. The second kappa shape index (κ2) is 4.81. The van der Waals surface area contributed by atoms with E-state index in [-0.39, 0.29) is 0 Å². The number of nitrogens with zero attached hydrogens (tertiary/aromatic N) is 2. The normalized spacial score (nSPS) is 11.0. The minimum Gasteiger partial charge on any atom is -0.367 e. The highest BCUT2D eigenvalue weighted by Gasteiger charge is 1.99. The maximum absolute atomic E-state index is 5.36. The fourth-order valence-electron chi connectivity index (χ4n) is 1.07. The Kier molecular flexibility index (Phi) is 3.70. The molecule has 1 aromatic heterocycles. The van der Waals surface area contributed by atoms with Gasteiger partial charge < -0.3 is 11.1 Å². The molecule has 0 amide bonds. The predicted molar refractivity (Wildman–Crippen MR) is 52.3 cm³/mol. The molecule has 0 aliphatic carbocycles. The quantitative estimate of drug-likeness (QED) is 0.574. The van der Waals surface area contributed by atoms with Gasteiger partial charge >= 0.3 is 0 Å². The Balaban J connectivity index is 2.13. The number of aromatic nitrogens is 3. The van der Waals surface area contributed by atoms with Crippen LogP contribution in [0.1, 0.15) is 26.1 Å². The third-order valence-corrected chi connectivity index (χ3v) is 1.69. The first kappa shape index (κ1) is 9.98. The molecule has 0 saturated carbocycles. The monoisotopic (exact) mass is 183 g/mol. The fraction of sp³-hybridized carbons (Fsp3) is 0.750. The number of hydrogen-bond donors (Lipinski definition) is 3. The van der Waals surface area contributed by atoms with Gasteiger partial charge in [-0.3, -0.25) is 5.10 Å². The van der Waals surface area contributed by atoms with Gasteiger partial charge in [-0.05, 0) is 13.0 Å². The van der Waals surface area contributed by atoms with Gasteiger partial charge in [0, 0.05) is 12.5 Å². The third kappa shape index (κ3) is 3.89. The second-order valence-electron chi connectivity index (χ2n) is 3.35. The highest BCUT2D eigenvalue weighted by atomic mass is 15.3. The Labute approximate surface area is 78.1 Å². The van der Waals surface area contributed by atoms with Crippen molar-refractivity contribution in [3.8, 4) is 0 Å². The average molecular weight is 183 g/mol. The molecule has 0 spiro atoms. The van der Waals surface area contributed by atoms with Gasteiger partial charge in [-0.1, -0.05) is 13.8 Å². The molecule has 1 heterocycles. The molecule has 0 aromatic carbocycles. The summed E-state index contributed by atoms with van der Waals surface area (Å²) in [5.74, 6) is 1.19. The second-order valence-corrected chi connectivity index (χ2v) is 3.35. The molecule has 74 valence electrons. The minimum absolute atomic E-state index is 0.326. The van der Waals surface area contributed by atoms with Crippen molar-refractivity contribution in [3.63, 3.8) is 0 Å². The van der Waals surface area contributed by atoms with Crippen molar-refractivity contribution in [2.24, 2.45) is 0 Å². The molecule has 4 N–H and O–H groups in total. The lowest BCUT2D eigenvalue weighted by Gasteiger charge is -2.05. The van der Waals surface area contributed by atoms with Crippen LogP contribution in [0.25, 0.3) is 0 Å². The summed E-state index contributed by atoms with van der Waals surface area (Å²) in [7, 11) is 0. The highest BCUT2D eigenvalue weighted by molar-refractivity contribution is 5.12. The van der Waals surface area contributed by atoms with Crippen LogP contribution in [0.5, 0.6) is 0 Å². The molecule has 5 heteroatoms. The Morgan fingerprint density at radius 3 is 2.85 bits per heavy atom. The van der Waals surface area contributed by atoms with Gasteiger partial charge in [-0.25, -0.2) is 0 Å². The van der Waals surface area contributed by atoms with Crippen LogP contribution < -0.4 is 11.1 Å². The number of nitrogen functional groups attached to an aromatic ring is 1. The van der Waals surface area contributed by atoms with Crippen LogP contribution in [0.2, 0.25) is 0 Å². The van der Waals surface area contributed by atoms with E-state index in [1.54, 1.807) is 0 Å². The standard InChI is InChI=1S/C8H17N5/c1-6(2)10-5-3-4-7-11-8(9)13-12-7/h6,10H,3-5H2,1-2H3,(H3,9,11,12,13). The van der Waals surface area contributed by atoms with Gasteiger partial charge in [-0.2, -0.15) is 4.98 Å². The Morgan fingerprint density at radius 1 is 1.54 bits per heavy atom. The molecule has 0 saturated heterocycles. The van der Waals surface area contributed by atoms with E-state index in [1.807, 2.05) is 0 Å². The van der Waals surface area contributed by atoms with E-state index in [2.05, 4.69) is 34.3 Å². The van der Waals surface area contributed by atoms with Crippen LogP contribution in [0, 0.1) is 0 Å². The first-order valence-electron chi connectivity index (χ1n) is 4.58. The van der Waals surface area contributed by atoms with Crippen molar-refractivity contribution >= 4 is 5.95 Å². The molecule has 0 fully saturated rings. The summed E-state index contributed by atoms with van der Waals surface area (Å²) >= 11 is 0. The van der Waals surface area contributed by atoms with Crippen molar-refractivity contribution in [2.75, 3.05) is 12.3 Å². The summed E-state index contributed by atoms with van der Waals surface area (Å²) in [5, 5.41) is 9.86. The molecule has 1 aromatic rings. The molecule has 1 rings (SSSR count). The van der Waals surface area contributed by atoms with E-state index in [4.69, 9.17) is 5.73 Å². The number of aromatic amines is 1. The van der Waals surface area contributed by atoms with Crippen LogP contribution in [-0.2, 0) is 6.42 Å². The summed E-state index contributed by atoms with van der Waals surface area (Å²) in [6.07, 6.45) is 1.94. The smallest absolute Gasteiger partial charge is 0.239 e. The number of nitrogens with one attached hydrogen (secondary N) is 2. The molecule has 5 nitrogen and oxygen atoms in total. The number of rotatable bonds is 5. The van der Waals surface area contributed by atoms with Crippen molar-refractivity contribution in [1.29, 1.82) is 0 Å². The molecule has 0 atom stereocenters. The summed E-state index contributed by atoms with van der Waals surface area (Å²) in [6.45, 7) is 5.26. The lowest BCUT2D eigenvalue weighted by molar-refractivity contribution is 0.566. The van der Waals surface area contributed by atoms with Gasteiger partial charge in [0.1, 0.15) is 5.82 Å². The van der Waals surface area contributed by atoms with E-state index < -0.39 is 0 Å². The van der Waals surface area contributed by atoms with Crippen LogP contribution in [0.15, 0.2) is 0 Å². The Bertz CT molecular complexity index is 242. The van der Waals surface area contributed by atoms with Crippen molar-refractivity contribution in [3.05, 3.63) is 5.82 Å². The number of H-pyrrole nitrogens is 1. The van der Waals surface area contributed by atoms with Crippen LogP contribution in [0.3, 0.4) is 0 Å². The maximum Gasteiger partial charge on any atom is 0.239 e. The summed E-state index contributed by atoms with van der Waals surface area (Å²) in [4.78, 5) is 4.01. The van der Waals surface area contributed by atoms with E-state index in [0.717, 1.165) is 25.2 Å². The Morgan fingerprint density at radius 2 is 2.31 bits per heavy atom. The summed E-state index contributed by atoms with van der Waals surface area (Å²) < 4.78 is 0. The van der Waals surface area contributed by atoms with Crippen LogP contribution in [0.4, 0.5) is 5.95 Å². The molecule has 0 bridgehead atoms. The zero-order valence-electron chi connectivity index (χ0n) is 8.17. The fourth-order valence-corrected chi connectivity index (χ4v) is 1.07. The average Bonchev–Trinajstić information content (AvgIpc) is 2.45. The third-order valence-electron chi connectivity index (χ3n) is 1.69. The number of nitrogens with two attached hydrogens (primary N) is 1. The van der Waals surface area contributed by atoms with Crippen molar-refractivity contribution in [2.45, 2.75) is 32.7 Å². The van der Waals surface area contributed by atoms with Gasteiger partial charge in [0.25, 0.3) is 0 Å². The Hall–Kier alpha value is -1.10. The lowest BCUT2D eigenvalue weighted by Crippen LogP contribution is -2.24. The van der Waals surface area contributed by atoms with Crippen molar-refractivity contribution in [1.82, 2.24) is 20.5 Å². The van der Waals surface area contributed by atoms with Gasteiger partial charge in [0.05, 0.1) is 0 Å². The van der Waals surface area contributed by atoms with Gasteiger partial charge in [0.2, 0.25) is 5.95 Å². The first-order valence-corrected chi connectivity index (χ1v) is 4.58. The number of hydrogen-bond acceptors (Lipinski definition) is 4. The predicted octanol–water partition coefficient (Wildman–Crippen LogP) is 0.318. The van der Waals surface area contributed by atoms with Crippen LogP contribution >= 0.6 is 0 Å². The molecule has 0 aliphatic rings. The van der Waals surface area contributed by atoms with E-state index in [0.29, 0.717) is 12.0 Å². The highest BCUT2D eigenvalue weighted by Crippen LogP contribution is 1.96. The largest absolute Gasteiger partial charge is 0.367 e. The number of anilines is 1. The SMILES string of the molecule is CC(C)NCCCc1nc(N)n[nH]1. The zero-order chi connectivity index (χ0) is 9.68. The molecular formula is C8H17N5. The van der Waals surface area contributed by atoms with Gasteiger partial charge in [-0.15, -0.1) is 5.10 Å². The van der Waals surface area contributed by atoms with E-state index in [9.17, 15) is 0 Å².